The number of carbonyl (C=O) groups excluding carboxylic acids is 3. The summed E-state index contributed by atoms with van der Waals surface area (Å²) in [6, 6.07) is 12.7. The molecule has 0 aliphatic heterocycles. The first-order chi connectivity index (χ1) is 12.5. The molecular formula is C19H20N2O5. The molecular weight excluding hydrogens is 336 g/mol. The largest absolute Gasteiger partial charge is 0.465 e. The summed E-state index contributed by atoms with van der Waals surface area (Å²) in [6.07, 6.45) is 0. The highest BCUT2D eigenvalue weighted by Gasteiger charge is 2.10. The zero-order chi connectivity index (χ0) is 18.9. The third-order valence-electron chi connectivity index (χ3n) is 3.56. The Bertz CT molecular complexity index is 770. The lowest BCUT2D eigenvalue weighted by Gasteiger charge is -2.08. The Balaban J connectivity index is 1.97. The fraction of sp³-hybridized carbons (Fsp3) is 0.211. The summed E-state index contributed by atoms with van der Waals surface area (Å²) < 4.78 is 9.49. The number of benzene rings is 2. The third-order valence-corrected chi connectivity index (χ3v) is 3.56. The predicted octanol–water partition coefficient (Wildman–Crippen LogP) is 2.10. The van der Waals surface area contributed by atoms with Crippen LogP contribution in [-0.4, -0.2) is 45.2 Å². The molecule has 136 valence electrons. The number of methoxy groups -OCH3 is 2. The molecule has 0 saturated carbocycles. The number of ether oxygens (including phenoxy) is 2. The minimum absolute atomic E-state index is 0.229. The van der Waals surface area contributed by atoms with Gasteiger partial charge in [0.25, 0.3) is 11.8 Å². The van der Waals surface area contributed by atoms with E-state index >= 15 is 0 Å². The fourth-order valence-electron chi connectivity index (χ4n) is 2.15. The predicted molar refractivity (Wildman–Crippen MR) is 96.4 cm³/mol. The second-order valence-corrected chi connectivity index (χ2v) is 5.35. The topological polar surface area (TPSA) is 93.7 Å². The minimum Gasteiger partial charge on any atom is -0.465 e. The minimum atomic E-state index is -0.442. The molecule has 26 heavy (non-hydrogen) atoms. The van der Waals surface area contributed by atoms with Gasteiger partial charge in [-0.1, -0.05) is 0 Å². The zero-order valence-electron chi connectivity index (χ0n) is 14.6. The van der Waals surface area contributed by atoms with Crippen molar-refractivity contribution in [2.24, 2.45) is 0 Å². The Kier molecular flexibility index (Phi) is 6.87. The van der Waals surface area contributed by atoms with Crippen LogP contribution in [0.2, 0.25) is 0 Å². The number of amides is 2. The van der Waals surface area contributed by atoms with Crippen LogP contribution in [-0.2, 0) is 9.47 Å². The van der Waals surface area contributed by atoms with E-state index in [1.165, 1.54) is 7.11 Å². The van der Waals surface area contributed by atoms with Crippen molar-refractivity contribution in [2.45, 2.75) is 0 Å². The molecule has 2 aromatic rings. The highest BCUT2D eigenvalue weighted by atomic mass is 16.5. The van der Waals surface area contributed by atoms with Gasteiger partial charge in [0.15, 0.2) is 0 Å². The number of rotatable bonds is 7. The van der Waals surface area contributed by atoms with Gasteiger partial charge in [-0.25, -0.2) is 4.79 Å². The van der Waals surface area contributed by atoms with Crippen LogP contribution >= 0.6 is 0 Å². The summed E-state index contributed by atoms with van der Waals surface area (Å²) in [5.41, 5.74) is 1.81. The van der Waals surface area contributed by atoms with Crippen molar-refractivity contribution in [1.82, 2.24) is 5.32 Å². The Morgan fingerprint density at radius 1 is 0.808 bits per heavy atom. The lowest BCUT2D eigenvalue weighted by atomic mass is 10.1. The quantitative estimate of drug-likeness (QED) is 0.585. The molecule has 2 N–H and O–H groups in total. The molecule has 2 rings (SSSR count). The number of esters is 1. The molecule has 0 spiro atoms. The Morgan fingerprint density at radius 3 is 1.88 bits per heavy atom. The zero-order valence-corrected chi connectivity index (χ0v) is 14.6. The first-order valence-corrected chi connectivity index (χ1v) is 7.92. The van der Waals surface area contributed by atoms with E-state index in [4.69, 9.17) is 4.74 Å². The average molecular weight is 356 g/mol. The molecule has 0 saturated heterocycles. The number of carbonyl (C=O) groups is 3. The first kappa shape index (κ1) is 19.1. The van der Waals surface area contributed by atoms with Crippen LogP contribution in [0.5, 0.6) is 0 Å². The molecule has 0 unspecified atom stereocenters. The van der Waals surface area contributed by atoms with Gasteiger partial charge in [-0.15, -0.1) is 0 Å². The maximum atomic E-state index is 12.3. The molecule has 2 aromatic carbocycles. The molecule has 0 aliphatic rings. The van der Waals surface area contributed by atoms with Crippen molar-refractivity contribution in [2.75, 3.05) is 32.7 Å². The molecule has 7 nitrogen and oxygen atoms in total. The van der Waals surface area contributed by atoms with Gasteiger partial charge in [-0.2, -0.15) is 0 Å². The van der Waals surface area contributed by atoms with Gasteiger partial charge in [0.2, 0.25) is 0 Å². The number of nitrogens with one attached hydrogen (secondary N) is 2. The van der Waals surface area contributed by atoms with Crippen molar-refractivity contribution >= 4 is 23.5 Å². The van der Waals surface area contributed by atoms with Crippen molar-refractivity contribution in [1.29, 1.82) is 0 Å². The standard InChI is InChI=1S/C19H20N2O5/c1-25-12-11-20-17(22)13-3-5-14(6-4-13)18(23)21-16-9-7-15(8-10-16)19(24)26-2/h3-10H,11-12H2,1-2H3,(H,20,22)(H,21,23). The molecule has 7 heteroatoms. The number of anilines is 1. The van der Waals surface area contributed by atoms with Gasteiger partial charge in [0, 0.05) is 30.5 Å². The molecule has 0 aromatic heterocycles. The van der Waals surface area contributed by atoms with Crippen molar-refractivity contribution in [3.8, 4) is 0 Å². The van der Waals surface area contributed by atoms with Crippen LogP contribution in [0.1, 0.15) is 31.1 Å². The summed E-state index contributed by atoms with van der Waals surface area (Å²) in [4.78, 5) is 35.5. The van der Waals surface area contributed by atoms with Crippen molar-refractivity contribution < 1.29 is 23.9 Å². The SMILES string of the molecule is COCCNC(=O)c1ccc(C(=O)Nc2ccc(C(=O)OC)cc2)cc1. The monoisotopic (exact) mass is 356 g/mol. The number of hydrogen-bond acceptors (Lipinski definition) is 5. The van der Waals surface area contributed by atoms with Crippen LogP contribution < -0.4 is 10.6 Å². The first-order valence-electron chi connectivity index (χ1n) is 7.92. The lowest BCUT2D eigenvalue weighted by molar-refractivity contribution is 0.0600. The van der Waals surface area contributed by atoms with Crippen molar-refractivity contribution in [3.05, 3.63) is 65.2 Å². The second-order valence-electron chi connectivity index (χ2n) is 5.35. The molecule has 0 fully saturated rings. The highest BCUT2D eigenvalue weighted by molar-refractivity contribution is 6.05. The van der Waals surface area contributed by atoms with Gasteiger partial charge in [-0.3, -0.25) is 9.59 Å². The van der Waals surface area contributed by atoms with E-state index in [0.717, 1.165) is 0 Å². The van der Waals surface area contributed by atoms with E-state index < -0.39 is 5.97 Å². The second kappa shape index (κ2) is 9.33. The Hall–Kier alpha value is -3.19. The smallest absolute Gasteiger partial charge is 0.337 e. The van der Waals surface area contributed by atoms with E-state index in [1.807, 2.05) is 0 Å². The maximum Gasteiger partial charge on any atom is 0.337 e. The summed E-state index contributed by atoms with van der Waals surface area (Å²) in [5.74, 6) is -0.989. The van der Waals surface area contributed by atoms with E-state index in [9.17, 15) is 14.4 Å². The van der Waals surface area contributed by atoms with Gasteiger partial charge in [0.1, 0.15) is 0 Å². The van der Waals surface area contributed by atoms with Crippen LogP contribution in [0.4, 0.5) is 5.69 Å². The van der Waals surface area contributed by atoms with E-state index in [2.05, 4.69) is 15.4 Å². The lowest BCUT2D eigenvalue weighted by Crippen LogP contribution is -2.26. The Morgan fingerprint density at radius 2 is 1.35 bits per heavy atom. The Labute approximate surface area is 151 Å². The highest BCUT2D eigenvalue weighted by Crippen LogP contribution is 2.13. The van der Waals surface area contributed by atoms with Crippen LogP contribution in [0.3, 0.4) is 0 Å². The van der Waals surface area contributed by atoms with Crippen LogP contribution in [0.15, 0.2) is 48.5 Å². The molecule has 2 amide bonds. The van der Waals surface area contributed by atoms with Gasteiger partial charge in [-0.05, 0) is 48.5 Å². The maximum absolute atomic E-state index is 12.3. The van der Waals surface area contributed by atoms with Gasteiger partial charge < -0.3 is 20.1 Å². The summed E-state index contributed by atoms with van der Waals surface area (Å²) in [5, 5.41) is 5.43. The molecule has 0 bridgehead atoms. The van der Waals surface area contributed by atoms with Crippen LogP contribution in [0, 0.1) is 0 Å². The fourth-order valence-corrected chi connectivity index (χ4v) is 2.15. The van der Waals surface area contributed by atoms with E-state index in [1.54, 1.807) is 55.6 Å². The van der Waals surface area contributed by atoms with Gasteiger partial charge >= 0.3 is 5.97 Å². The van der Waals surface area contributed by atoms with Crippen LogP contribution in [0.25, 0.3) is 0 Å². The van der Waals surface area contributed by atoms with E-state index in [0.29, 0.717) is 35.5 Å². The normalized spacial score (nSPS) is 10.1. The summed E-state index contributed by atoms with van der Waals surface area (Å²) >= 11 is 0. The summed E-state index contributed by atoms with van der Waals surface area (Å²) in [6.45, 7) is 0.847. The summed E-state index contributed by atoms with van der Waals surface area (Å²) in [7, 11) is 2.86. The van der Waals surface area contributed by atoms with Crippen molar-refractivity contribution in [3.63, 3.8) is 0 Å². The average Bonchev–Trinajstić information content (AvgIpc) is 2.68. The third kappa shape index (κ3) is 5.15. The van der Waals surface area contributed by atoms with E-state index in [-0.39, 0.29) is 11.8 Å². The van der Waals surface area contributed by atoms with Gasteiger partial charge in [0.05, 0.1) is 19.3 Å². The molecule has 0 radical (unpaired) electrons. The molecule has 0 heterocycles. The molecule has 0 aliphatic carbocycles. The molecule has 0 atom stereocenters. The number of hydrogen-bond donors (Lipinski definition) is 2.